The molecule has 14 heavy (non-hydrogen) atoms. The van der Waals surface area contributed by atoms with Crippen LogP contribution in [0.4, 0.5) is 0 Å². The van der Waals surface area contributed by atoms with Crippen LogP contribution < -0.4 is 0 Å². The van der Waals surface area contributed by atoms with E-state index in [2.05, 4.69) is 26.5 Å². The second kappa shape index (κ2) is 4.06. The van der Waals surface area contributed by atoms with Gasteiger partial charge in [0.1, 0.15) is 0 Å². The quantitative estimate of drug-likeness (QED) is 0.737. The number of hydrogen-bond donors (Lipinski definition) is 1. The number of hydrogen-bond acceptors (Lipinski definition) is 5. The molecule has 1 aromatic rings. The van der Waals surface area contributed by atoms with E-state index in [-0.39, 0.29) is 6.10 Å². The van der Waals surface area contributed by atoms with Crippen molar-refractivity contribution in [1.82, 2.24) is 15.0 Å². The SMILES string of the molecule is CC1CN(Cc2ncon2)CCC1O. The highest BCUT2D eigenvalue weighted by Crippen LogP contribution is 2.17. The number of aromatic nitrogens is 2. The first kappa shape index (κ1) is 9.61. The van der Waals surface area contributed by atoms with Crippen LogP contribution in [0.1, 0.15) is 19.2 Å². The summed E-state index contributed by atoms with van der Waals surface area (Å²) in [6.07, 6.45) is 2.02. The van der Waals surface area contributed by atoms with Crippen LogP contribution in [-0.4, -0.2) is 39.3 Å². The average molecular weight is 197 g/mol. The van der Waals surface area contributed by atoms with E-state index in [1.807, 2.05) is 0 Å². The predicted octanol–water partition coefficient (Wildman–Crippen LogP) is 0.272. The first-order valence-electron chi connectivity index (χ1n) is 4.91. The van der Waals surface area contributed by atoms with Gasteiger partial charge in [-0.1, -0.05) is 12.1 Å². The third-order valence-electron chi connectivity index (χ3n) is 2.72. The largest absolute Gasteiger partial charge is 0.393 e. The van der Waals surface area contributed by atoms with Gasteiger partial charge >= 0.3 is 0 Å². The molecule has 0 amide bonds. The van der Waals surface area contributed by atoms with Gasteiger partial charge in [0, 0.05) is 13.1 Å². The molecule has 1 aliphatic heterocycles. The van der Waals surface area contributed by atoms with E-state index in [0.29, 0.717) is 18.3 Å². The Morgan fingerprint density at radius 2 is 2.57 bits per heavy atom. The normalized spacial score (nSPS) is 29.3. The number of aliphatic hydroxyl groups is 1. The molecule has 0 spiro atoms. The number of piperidine rings is 1. The van der Waals surface area contributed by atoms with E-state index >= 15 is 0 Å². The minimum Gasteiger partial charge on any atom is -0.393 e. The summed E-state index contributed by atoms with van der Waals surface area (Å²) in [5.74, 6) is 1.05. The van der Waals surface area contributed by atoms with Gasteiger partial charge in [0.2, 0.25) is 6.39 Å². The highest BCUT2D eigenvalue weighted by atomic mass is 16.5. The molecule has 2 rings (SSSR count). The second-order valence-corrected chi connectivity index (χ2v) is 3.92. The van der Waals surface area contributed by atoms with Crippen molar-refractivity contribution in [2.45, 2.75) is 26.0 Å². The molecule has 2 heterocycles. The number of likely N-dealkylation sites (tertiary alicyclic amines) is 1. The van der Waals surface area contributed by atoms with E-state index in [0.717, 1.165) is 19.5 Å². The fourth-order valence-corrected chi connectivity index (χ4v) is 1.83. The summed E-state index contributed by atoms with van der Waals surface area (Å²) < 4.78 is 4.67. The maximum atomic E-state index is 9.55. The van der Waals surface area contributed by atoms with Crippen LogP contribution in [0.3, 0.4) is 0 Å². The summed E-state index contributed by atoms with van der Waals surface area (Å²) in [6, 6.07) is 0. The predicted molar refractivity (Wildman–Crippen MR) is 49.4 cm³/mol. The first-order chi connectivity index (χ1) is 6.75. The third-order valence-corrected chi connectivity index (χ3v) is 2.72. The van der Waals surface area contributed by atoms with Crippen LogP contribution in [0, 0.1) is 5.92 Å². The van der Waals surface area contributed by atoms with Crippen molar-refractivity contribution in [2.24, 2.45) is 5.92 Å². The van der Waals surface area contributed by atoms with Crippen molar-refractivity contribution in [2.75, 3.05) is 13.1 Å². The molecule has 1 saturated heterocycles. The van der Waals surface area contributed by atoms with E-state index in [9.17, 15) is 5.11 Å². The molecule has 1 N–H and O–H groups in total. The summed E-state index contributed by atoms with van der Waals surface area (Å²) >= 11 is 0. The maximum absolute atomic E-state index is 9.55. The minimum atomic E-state index is -0.156. The lowest BCUT2D eigenvalue weighted by molar-refractivity contribution is 0.0308. The van der Waals surface area contributed by atoms with Gasteiger partial charge in [-0.3, -0.25) is 4.90 Å². The monoisotopic (exact) mass is 197 g/mol. The Balaban J connectivity index is 1.88. The molecule has 0 aliphatic carbocycles. The summed E-state index contributed by atoms with van der Waals surface area (Å²) in [5, 5.41) is 13.3. The maximum Gasteiger partial charge on any atom is 0.213 e. The Morgan fingerprint density at radius 3 is 3.21 bits per heavy atom. The molecular weight excluding hydrogens is 182 g/mol. The molecule has 0 radical (unpaired) electrons. The molecule has 1 aromatic heterocycles. The van der Waals surface area contributed by atoms with Crippen molar-refractivity contribution in [1.29, 1.82) is 0 Å². The molecule has 1 fully saturated rings. The zero-order chi connectivity index (χ0) is 9.97. The summed E-state index contributed by atoms with van der Waals surface area (Å²) in [7, 11) is 0. The molecule has 5 nitrogen and oxygen atoms in total. The van der Waals surface area contributed by atoms with E-state index in [1.54, 1.807) is 0 Å². The highest BCUT2D eigenvalue weighted by molar-refractivity contribution is 4.83. The van der Waals surface area contributed by atoms with Crippen molar-refractivity contribution in [3.63, 3.8) is 0 Å². The smallest absolute Gasteiger partial charge is 0.213 e. The fourth-order valence-electron chi connectivity index (χ4n) is 1.83. The van der Waals surface area contributed by atoms with E-state index in [1.165, 1.54) is 6.39 Å². The van der Waals surface area contributed by atoms with Gasteiger partial charge in [-0.05, 0) is 12.3 Å². The van der Waals surface area contributed by atoms with Gasteiger partial charge in [-0.25, -0.2) is 0 Å². The summed E-state index contributed by atoms with van der Waals surface area (Å²) in [6.45, 7) is 4.58. The Kier molecular flexibility index (Phi) is 2.79. The average Bonchev–Trinajstić information content (AvgIpc) is 2.64. The van der Waals surface area contributed by atoms with Gasteiger partial charge in [0.15, 0.2) is 5.82 Å². The summed E-state index contributed by atoms with van der Waals surface area (Å²) in [4.78, 5) is 6.21. The Labute approximate surface area is 82.7 Å². The molecule has 5 heteroatoms. The zero-order valence-corrected chi connectivity index (χ0v) is 8.26. The molecule has 1 aliphatic rings. The minimum absolute atomic E-state index is 0.156. The van der Waals surface area contributed by atoms with Crippen LogP contribution in [0.15, 0.2) is 10.9 Å². The van der Waals surface area contributed by atoms with Gasteiger partial charge in [-0.2, -0.15) is 4.98 Å². The topological polar surface area (TPSA) is 62.4 Å². The van der Waals surface area contributed by atoms with Crippen LogP contribution in [0.2, 0.25) is 0 Å². The molecule has 0 aromatic carbocycles. The molecule has 0 saturated carbocycles. The van der Waals surface area contributed by atoms with Crippen LogP contribution in [-0.2, 0) is 6.54 Å². The molecule has 0 bridgehead atoms. The van der Waals surface area contributed by atoms with E-state index < -0.39 is 0 Å². The lowest BCUT2D eigenvalue weighted by atomic mass is 9.97. The Bertz CT molecular complexity index is 276. The van der Waals surface area contributed by atoms with Crippen molar-refractivity contribution in [3.8, 4) is 0 Å². The van der Waals surface area contributed by atoms with Crippen LogP contribution in [0.5, 0.6) is 0 Å². The second-order valence-electron chi connectivity index (χ2n) is 3.92. The Morgan fingerprint density at radius 1 is 1.71 bits per heavy atom. The molecule has 2 atom stereocenters. The van der Waals surface area contributed by atoms with Gasteiger partial charge in [0.25, 0.3) is 0 Å². The number of nitrogens with zero attached hydrogens (tertiary/aromatic N) is 3. The van der Waals surface area contributed by atoms with Gasteiger partial charge < -0.3 is 9.63 Å². The lowest BCUT2D eigenvalue weighted by Crippen LogP contribution is -2.41. The first-order valence-corrected chi connectivity index (χ1v) is 4.91. The third kappa shape index (κ3) is 2.10. The van der Waals surface area contributed by atoms with Crippen molar-refractivity contribution in [3.05, 3.63) is 12.2 Å². The zero-order valence-electron chi connectivity index (χ0n) is 8.26. The van der Waals surface area contributed by atoms with Gasteiger partial charge in [0.05, 0.1) is 12.6 Å². The standard InChI is InChI=1S/C9H15N3O2/c1-7-4-12(3-2-8(7)13)5-9-10-6-14-11-9/h6-8,13H,2-5H2,1H3. The van der Waals surface area contributed by atoms with Crippen LogP contribution >= 0.6 is 0 Å². The van der Waals surface area contributed by atoms with Crippen LogP contribution in [0.25, 0.3) is 0 Å². The Hall–Kier alpha value is -0.940. The van der Waals surface area contributed by atoms with Gasteiger partial charge in [-0.15, -0.1) is 0 Å². The number of aliphatic hydroxyl groups excluding tert-OH is 1. The van der Waals surface area contributed by atoms with E-state index in [4.69, 9.17) is 0 Å². The number of rotatable bonds is 2. The van der Waals surface area contributed by atoms with Crippen molar-refractivity contribution < 1.29 is 9.63 Å². The fraction of sp³-hybridized carbons (Fsp3) is 0.778. The van der Waals surface area contributed by atoms with Crippen molar-refractivity contribution >= 4 is 0 Å². The molecule has 2 unspecified atom stereocenters. The highest BCUT2D eigenvalue weighted by Gasteiger charge is 2.24. The lowest BCUT2D eigenvalue weighted by Gasteiger charge is -2.33. The summed E-state index contributed by atoms with van der Waals surface area (Å²) in [5.41, 5.74) is 0. The molecular formula is C9H15N3O2. The molecule has 78 valence electrons.